The van der Waals surface area contributed by atoms with Crippen LogP contribution in [0.3, 0.4) is 0 Å². The van der Waals surface area contributed by atoms with Gasteiger partial charge in [0.1, 0.15) is 0 Å². The van der Waals surface area contributed by atoms with Crippen molar-refractivity contribution < 1.29 is 4.79 Å². The highest BCUT2D eigenvalue weighted by Gasteiger charge is 2.07. The molecule has 25 heavy (non-hydrogen) atoms. The molecule has 128 valence electrons. The maximum atomic E-state index is 12.2. The Morgan fingerprint density at radius 3 is 2.40 bits per heavy atom. The molecule has 4 nitrogen and oxygen atoms in total. The number of carbonyl (C=O) groups is 1. The topological polar surface area (TPSA) is 46.1 Å². The summed E-state index contributed by atoms with van der Waals surface area (Å²) < 4.78 is 2.16. The first-order valence-corrected chi connectivity index (χ1v) is 8.42. The number of nitrogens with one attached hydrogen (secondary N) is 2. The Balaban J connectivity index is 1.61. The van der Waals surface area contributed by atoms with Crippen LogP contribution < -0.4 is 10.6 Å². The molecule has 0 fully saturated rings. The molecule has 0 saturated heterocycles. The van der Waals surface area contributed by atoms with Gasteiger partial charge < -0.3 is 15.2 Å². The highest BCUT2D eigenvalue weighted by atomic mass is 16.2. The van der Waals surface area contributed by atoms with Crippen LogP contribution in [0.15, 0.2) is 66.9 Å². The number of aryl methyl sites for hydroxylation is 2. The molecular weight excluding hydrogens is 310 g/mol. The number of hydrogen-bond donors (Lipinski definition) is 2. The zero-order valence-electron chi connectivity index (χ0n) is 14.6. The van der Waals surface area contributed by atoms with Crippen molar-refractivity contribution in [1.82, 2.24) is 9.88 Å². The van der Waals surface area contributed by atoms with Crippen LogP contribution in [0.1, 0.15) is 22.4 Å². The SMILES string of the molecule is Cc1ccccc1Cn1cccc1CNC(=O)Nc1ccccc1C. The van der Waals surface area contributed by atoms with Crippen LogP contribution >= 0.6 is 0 Å². The van der Waals surface area contributed by atoms with Crippen molar-refractivity contribution in [2.75, 3.05) is 5.32 Å². The maximum Gasteiger partial charge on any atom is 0.319 e. The van der Waals surface area contributed by atoms with E-state index in [2.05, 4.69) is 40.3 Å². The standard InChI is InChI=1S/C21H23N3O/c1-16-8-3-5-10-18(16)15-24-13-7-11-19(24)14-22-21(25)23-20-12-6-4-9-17(20)2/h3-13H,14-15H2,1-2H3,(H2,22,23,25). The molecule has 2 amide bonds. The van der Waals surface area contributed by atoms with Gasteiger partial charge in [-0.3, -0.25) is 0 Å². The third-order valence-electron chi connectivity index (χ3n) is 4.35. The van der Waals surface area contributed by atoms with Crippen LogP contribution in [0.5, 0.6) is 0 Å². The van der Waals surface area contributed by atoms with E-state index in [9.17, 15) is 4.79 Å². The lowest BCUT2D eigenvalue weighted by Crippen LogP contribution is -2.29. The number of amides is 2. The fourth-order valence-electron chi connectivity index (χ4n) is 2.79. The van der Waals surface area contributed by atoms with E-state index >= 15 is 0 Å². The Morgan fingerprint density at radius 2 is 1.64 bits per heavy atom. The van der Waals surface area contributed by atoms with Crippen LogP contribution in [-0.4, -0.2) is 10.6 Å². The molecule has 0 aliphatic rings. The smallest absolute Gasteiger partial charge is 0.319 e. The van der Waals surface area contributed by atoms with E-state index in [1.165, 1.54) is 11.1 Å². The predicted molar refractivity (Wildman–Crippen MR) is 102 cm³/mol. The summed E-state index contributed by atoms with van der Waals surface area (Å²) in [5, 5.41) is 5.82. The molecular formula is C21H23N3O. The summed E-state index contributed by atoms with van der Waals surface area (Å²) in [7, 11) is 0. The van der Waals surface area contributed by atoms with Crippen molar-refractivity contribution in [2.24, 2.45) is 0 Å². The normalized spacial score (nSPS) is 10.5. The minimum absolute atomic E-state index is 0.196. The van der Waals surface area contributed by atoms with Gasteiger partial charge in [0.15, 0.2) is 0 Å². The number of carbonyl (C=O) groups excluding carboxylic acids is 1. The monoisotopic (exact) mass is 333 g/mol. The van der Waals surface area contributed by atoms with Gasteiger partial charge >= 0.3 is 6.03 Å². The summed E-state index contributed by atoms with van der Waals surface area (Å²) in [4.78, 5) is 12.2. The Labute approximate surface area is 148 Å². The number of rotatable bonds is 5. The summed E-state index contributed by atoms with van der Waals surface area (Å²) in [5.74, 6) is 0. The van der Waals surface area contributed by atoms with E-state index in [4.69, 9.17) is 0 Å². The second-order valence-electron chi connectivity index (χ2n) is 6.18. The number of para-hydroxylation sites is 1. The first-order chi connectivity index (χ1) is 12.1. The Hall–Kier alpha value is -3.01. The quantitative estimate of drug-likeness (QED) is 0.711. The number of anilines is 1. The van der Waals surface area contributed by atoms with Crippen LogP contribution in [0, 0.1) is 13.8 Å². The molecule has 2 N–H and O–H groups in total. The van der Waals surface area contributed by atoms with E-state index in [0.29, 0.717) is 6.54 Å². The van der Waals surface area contributed by atoms with Gasteiger partial charge in [-0.25, -0.2) is 4.79 Å². The summed E-state index contributed by atoms with van der Waals surface area (Å²) >= 11 is 0. The van der Waals surface area contributed by atoms with E-state index in [0.717, 1.165) is 23.5 Å². The molecule has 3 aromatic rings. The van der Waals surface area contributed by atoms with Crippen molar-refractivity contribution >= 4 is 11.7 Å². The molecule has 0 saturated carbocycles. The Kier molecular flexibility index (Phi) is 5.19. The first-order valence-electron chi connectivity index (χ1n) is 8.42. The molecule has 0 spiro atoms. The molecule has 0 unspecified atom stereocenters. The first kappa shape index (κ1) is 16.8. The average molecular weight is 333 g/mol. The van der Waals surface area contributed by atoms with Gasteiger partial charge in [0.25, 0.3) is 0 Å². The van der Waals surface area contributed by atoms with E-state index in [-0.39, 0.29) is 6.03 Å². The van der Waals surface area contributed by atoms with Crippen LogP contribution in [-0.2, 0) is 13.1 Å². The van der Waals surface area contributed by atoms with Crippen LogP contribution in [0.4, 0.5) is 10.5 Å². The molecule has 0 aliphatic heterocycles. The molecule has 4 heteroatoms. The average Bonchev–Trinajstić information content (AvgIpc) is 3.04. The maximum absolute atomic E-state index is 12.2. The molecule has 1 aromatic heterocycles. The fourth-order valence-corrected chi connectivity index (χ4v) is 2.79. The number of aromatic nitrogens is 1. The molecule has 0 bridgehead atoms. The van der Waals surface area contributed by atoms with E-state index in [1.54, 1.807) is 0 Å². The Bertz CT molecular complexity index is 867. The zero-order valence-corrected chi connectivity index (χ0v) is 14.6. The fraction of sp³-hybridized carbons (Fsp3) is 0.190. The highest BCUT2D eigenvalue weighted by molar-refractivity contribution is 5.89. The Morgan fingerprint density at radius 1 is 0.920 bits per heavy atom. The van der Waals surface area contributed by atoms with Gasteiger partial charge in [-0.15, -0.1) is 0 Å². The lowest BCUT2D eigenvalue weighted by atomic mass is 10.1. The summed E-state index contributed by atoms with van der Waals surface area (Å²) in [6, 6.07) is 19.9. The van der Waals surface area contributed by atoms with Crippen molar-refractivity contribution in [2.45, 2.75) is 26.9 Å². The largest absolute Gasteiger partial charge is 0.345 e. The van der Waals surface area contributed by atoms with E-state index in [1.807, 2.05) is 55.6 Å². The molecule has 0 atom stereocenters. The second-order valence-corrected chi connectivity index (χ2v) is 6.18. The van der Waals surface area contributed by atoms with Crippen molar-refractivity contribution in [3.05, 3.63) is 89.2 Å². The van der Waals surface area contributed by atoms with Gasteiger partial charge in [-0.05, 0) is 48.7 Å². The van der Waals surface area contributed by atoms with E-state index < -0.39 is 0 Å². The number of nitrogens with zero attached hydrogens (tertiary/aromatic N) is 1. The van der Waals surface area contributed by atoms with Gasteiger partial charge in [0.05, 0.1) is 6.54 Å². The third-order valence-corrected chi connectivity index (χ3v) is 4.35. The third kappa shape index (κ3) is 4.29. The second kappa shape index (κ2) is 7.71. The lowest BCUT2D eigenvalue weighted by molar-refractivity contribution is 0.251. The van der Waals surface area contributed by atoms with Crippen LogP contribution in [0.2, 0.25) is 0 Å². The molecule has 0 aliphatic carbocycles. The lowest BCUT2D eigenvalue weighted by Gasteiger charge is -2.13. The number of hydrogen-bond acceptors (Lipinski definition) is 1. The van der Waals surface area contributed by atoms with Gasteiger partial charge in [-0.2, -0.15) is 0 Å². The molecule has 0 radical (unpaired) electrons. The summed E-state index contributed by atoms with van der Waals surface area (Å²) in [5.41, 5.74) is 5.50. The summed E-state index contributed by atoms with van der Waals surface area (Å²) in [6.07, 6.45) is 2.04. The molecule has 2 aromatic carbocycles. The van der Waals surface area contributed by atoms with Crippen molar-refractivity contribution in [1.29, 1.82) is 0 Å². The van der Waals surface area contributed by atoms with Gasteiger partial charge in [0.2, 0.25) is 0 Å². The molecule has 1 heterocycles. The van der Waals surface area contributed by atoms with Crippen molar-refractivity contribution in [3.8, 4) is 0 Å². The van der Waals surface area contributed by atoms with Gasteiger partial charge in [0, 0.05) is 24.1 Å². The minimum Gasteiger partial charge on any atom is -0.345 e. The zero-order chi connectivity index (χ0) is 17.6. The van der Waals surface area contributed by atoms with Crippen LogP contribution in [0.25, 0.3) is 0 Å². The minimum atomic E-state index is -0.196. The predicted octanol–water partition coefficient (Wildman–Crippen LogP) is 4.47. The molecule has 3 rings (SSSR count). The summed E-state index contributed by atoms with van der Waals surface area (Å²) in [6.45, 7) is 5.38. The van der Waals surface area contributed by atoms with Gasteiger partial charge in [-0.1, -0.05) is 42.5 Å². The highest BCUT2D eigenvalue weighted by Crippen LogP contribution is 2.14. The van der Waals surface area contributed by atoms with Crippen molar-refractivity contribution in [3.63, 3.8) is 0 Å². The number of benzene rings is 2. The number of urea groups is 1.